The molecule has 0 aromatic heterocycles. The van der Waals surface area contributed by atoms with Crippen molar-refractivity contribution in [3.63, 3.8) is 0 Å². The monoisotopic (exact) mass is 216 g/mol. The fraction of sp³-hybridized carbons (Fsp3) is 1.00. The fourth-order valence-corrected chi connectivity index (χ4v) is 2.49. The first-order valence-electron chi connectivity index (χ1n) is 5.90. The first-order valence-corrected chi connectivity index (χ1v) is 5.90. The summed E-state index contributed by atoms with van der Waals surface area (Å²) in [6.07, 6.45) is 3.77. The highest BCUT2D eigenvalue weighted by Gasteiger charge is 2.32. The zero-order valence-electron chi connectivity index (χ0n) is 10.1. The third-order valence-corrected chi connectivity index (χ3v) is 3.52. The summed E-state index contributed by atoms with van der Waals surface area (Å²) in [5.74, 6) is 1.55. The quantitative estimate of drug-likeness (QED) is 0.715. The lowest BCUT2D eigenvalue weighted by Crippen LogP contribution is -2.36. The van der Waals surface area contributed by atoms with Crippen molar-refractivity contribution in [2.45, 2.75) is 39.2 Å². The van der Waals surface area contributed by atoms with Crippen molar-refractivity contribution in [3.8, 4) is 0 Å². The van der Waals surface area contributed by atoms with Crippen LogP contribution in [0.15, 0.2) is 0 Å². The van der Waals surface area contributed by atoms with E-state index in [0.717, 1.165) is 18.8 Å². The normalized spacial score (nSPS) is 34.0. The average molecular weight is 216 g/mol. The molecule has 1 fully saturated rings. The van der Waals surface area contributed by atoms with Crippen LogP contribution in [0.25, 0.3) is 0 Å². The Morgan fingerprint density at radius 2 is 2.13 bits per heavy atom. The second-order valence-corrected chi connectivity index (χ2v) is 4.85. The third-order valence-electron chi connectivity index (χ3n) is 3.52. The van der Waals surface area contributed by atoms with Gasteiger partial charge in [-0.05, 0) is 30.6 Å². The molecule has 0 saturated heterocycles. The molecule has 1 saturated carbocycles. The molecule has 4 atom stereocenters. The molecule has 0 unspecified atom stereocenters. The summed E-state index contributed by atoms with van der Waals surface area (Å²) in [5, 5.41) is 9.21. The van der Waals surface area contributed by atoms with E-state index in [1.807, 2.05) is 0 Å². The largest absolute Gasteiger partial charge is 0.396 e. The Balaban J connectivity index is 2.49. The predicted octanol–water partition coefficient (Wildman–Crippen LogP) is 2.04. The van der Waals surface area contributed by atoms with Crippen LogP contribution in [-0.4, -0.2) is 31.7 Å². The number of aliphatic hydroxyl groups excluding tert-OH is 1. The molecule has 1 N–H and O–H groups in total. The van der Waals surface area contributed by atoms with Gasteiger partial charge in [0.15, 0.2) is 0 Å². The second-order valence-electron chi connectivity index (χ2n) is 4.85. The molecule has 15 heavy (non-hydrogen) atoms. The average Bonchev–Trinajstić information content (AvgIpc) is 2.25. The van der Waals surface area contributed by atoms with Gasteiger partial charge in [0.2, 0.25) is 0 Å². The van der Waals surface area contributed by atoms with Gasteiger partial charge >= 0.3 is 0 Å². The van der Waals surface area contributed by atoms with Crippen molar-refractivity contribution in [3.05, 3.63) is 0 Å². The van der Waals surface area contributed by atoms with Gasteiger partial charge in [-0.15, -0.1) is 0 Å². The Hall–Kier alpha value is -0.120. The van der Waals surface area contributed by atoms with Crippen LogP contribution in [0.3, 0.4) is 0 Å². The van der Waals surface area contributed by atoms with E-state index in [-0.39, 0.29) is 12.7 Å². The highest BCUT2D eigenvalue weighted by atomic mass is 16.7. The highest BCUT2D eigenvalue weighted by Crippen LogP contribution is 2.35. The summed E-state index contributed by atoms with van der Waals surface area (Å²) in [6, 6.07) is 0. The Morgan fingerprint density at radius 1 is 1.40 bits per heavy atom. The van der Waals surface area contributed by atoms with Gasteiger partial charge in [0.25, 0.3) is 0 Å². The molecule has 1 rings (SSSR count). The Bertz CT molecular complexity index is 172. The first-order chi connectivity index (χ1) is 7.19. The van der Waals surface area contributed by atoms with E-state index >= 15 is 0 Å². The standard InChI is InChI=1S/C12H24O3/c1-9-4-5-11(10(2)7-13)12(6-9)15-8-14-3/h9-13H,4-8H2,1-3H3/t9-,10-,11+,12+/m1/s1. The molecule has 0 heterocycles. The second kappa shape index (κ2) is 6.46. The minimum Gasteiger partial charge on any atom is -0.396 e. The van der Waals surface area contributed by atoms with E-state index in [2.05, 4.69) is 13.8 Å². The molecule has 0 aromatic rings. The van der Waals surface area contributed by atoms with Crippen LogP contribution < -0.4 is 0 Å². The number of hydrogen-bond donors (Lipinski definition) is 1. The van der Waals surface area contributed by atoms with Gasteiger partial charge in [0, 0.05) is 13.7 Å². The van der Waals surface area contributed by atoms with Gasteiger partial charge in [-0.1, -0.05) is 20.3 Å². The van der Waals surface area contributed by atoms with Gasteiger partial charge in [0.05, 0.1) is 6.10 Å². The van der Waals surface area contributed by atoms with Crippen LogP contribution in [0.1, 0.15) is 33.1 Å². The van der Waals surface area contributed by atoms with Crippen LogP contribution in [0.4, 0.5) is 0 Å². The van der Waals surface area contributed by atoms with E-state index in [1.165, 1.54) is 6.42 Å². The lowest BCUT2D eigenvalue weighted by atomic mass is 9.75. The molecule has 1 aliphatic rings. The number of rotatable bonds is 5. The zero-order chi connectivity index (χ0) is 11.3. The van der Waals surface area contributed by atoms with Crippen LogP contribution in [0, 0.1) is 17.8 Å². The SMILES string of the molecule is COCO[C@H]1C[C@H](C)CC[C@H]1[C@H](C)CO. The molecule has 1 aliphatic carbocycles. The third kappa shape index (κ3) is 3.74. The van der Waals surface area contributed by atoms with Crippen molar-refractivity contribution >= 4 is 0 Å². The van der Waals surface area contributed by atoms with E-state index in [1.54, 1.807) is 7.11 Å². The lowest BCUT2D eigenvalue weighted by molar-refractivity contribution is -0.119. The van der Waals surface area contributed by atoms with Crippen molar-refractivity contribution in [1.82, 2.24) is 0 Å². The topological polar surface area (TPSA) is 38.7 Å². The summed E-state index contributed by atoms with van der Waals surface area (Å²) in [6.45, 7) is 4.99. The first kappa shape index (κ1) is 12.9. The van der Waals surface area contributed by atoms with Gasteiger partial charge in [-0.25, -0.2) is 0 Å². The predicted molar refractivity (Wildman–Crippen MR) is 59.5 cm³/mol. The molecule has 0 radical (unpaired) electrons. The van der Waals surface area contributed by atoms with Gasteiger partial charge in [0.1, 0.15) is 6.79 Å². The maximum absolute atomic E-state index is 9.21. The summed E-state index contributed by atoms with van der Waals surface area (Å²) in [5.41, 5.74) is 0. The Morgan fingerprint density at radius 3 is 2.73 bits per heavy atom. The number of hydrogen-bond acceptors (Lipinski definition) is 3. The van der Waals surface area contributed by atoms with E-state index < -0.39 is 0 Å². The molecule has 3 heteroatoms. The molecular formula is C12H24O3. The number of aliphatic hydroxyl groups is 1. The van der Waals surface area contributed by atoms with Crippen molar-refractivity contribution < 1.29 is 14.6 Å². The van der Waals surface area contributed by atoms with Gasteiger partial charge in [-0.2, -0.15) is 0 Å². The van der Waals surface area contributed by atoms with Gasteiger partial charge in [-0.3, -0.25) is 0 Å². The van der Waals surface area contributed by atoms with Crippen LogP contribution in [0.2, 0.25) is 0 Å². The van der Waals surface area contributed by atoms with E-state index in [0.29, 0.717) is 18.6 Å². The maximum atomic E-state index is 9.21. The van der Waals surface area contributed by atoms with Crippen LogP contribution in [-0.2, 0) is 9.47 Å². The Labute approximate surface area is 92.8 Å². The van der Waals surface area contributed by atoms with Crippen molar-refractivity contribution in [2.24, 2.45) is 17.8 Å². The van der Waals surface area contributed by atoms with Crippen LogP contribution in [0.5, 0.6) is 0 Å². The van der Waals surface area contributed by atoms with Crippen LogP contribution >= 0.6 is 0 Å². The molecular weight excluding hydrogens is 192 g/mol. The molecule has 0 bridgehead atoms. The maximum Gasteiger partial charge on any atom is 0.146 e. The summed E-state index contributed by atoms with van der Waals surface area (Å²) in [4.78, 5) is 0. The smallest absolute Gasteiger partial charge is 0.146 e. The molecule has 0 amide bonds. The minimum atomic E-state index is 0.256. The molecule has 90 valence electrons. The van der Waals surface area contributed by atoms with E-state index in [9.17, 15) is 5.11 Å². The van der Waals surface area contributed by atoms with Gasteiger partial charge < -0.3 is 14.6 Å². The fourth-order valence-electron chi connectivity index (χ4n) is 2.49. The number of methoxy groups -OCH3 is 1. The summed E-state index contributed by atoms with van der Waals surface area (Å²) in [7, 11) is 1.65. The lowest BCUT2D eigenvalue weighted by Gasteiger charge is -2.37. The van der Waals surface area contributed by atoms with E-state index in [4.69, 9.17) is 9.47 Å². The molecule has 3 nitrogen and oxygen atoms in total. The van der Waals surface area contributed by atoms with Crippen molar-refractivity contribution in [1.29, 1.82) is 0 Å². The minimum absolute atomic E-state index is 0.256. The molecule has 0 spiro atoms. The highest BCUT2D eigenvalue weighted by molar-refractivity contribution is 4.82. The number of ether oxygens (including phenoxy) is 2. The molecule has 0 aromatic carbocycles. The Kier molecular flexibility index (Phi) is 5.58. The molecule has 0 aliphatic heterocycles. The zero-order valence-corrected chi connectivity index (χ0v) is 10.1. The summed E-state index contributed by atoms with van der Waals surface area (Å²) >= 11 is 0. The summed E-state index contributed by atoms with van der Waals surface area (Å²) < 4.78 is 10.7. The van der Waals surface area contributed by atoms with Crippen molar-refractivity contribution in [2.75, 3.05) is 20.5 Å².